The van der Waals surface area contributed by atoms with E-state index < -0.39 is 29.4 Å². The molecule has 1 aliphatic rings. The van der Waals surface area contributed by atoms with Crippen LogP contribution < -0.4 is 10.9 Å². The number of anilines is 1. The molecule has 4 rings (SSSR count). The summed E-state index contributed by atoms with van der Waals surface area (Å²) in [5.41, 5.74) is 0.703. The van der Waals surface area contributed by atoms with Crippen molar-refractivity contribution in [3.8, 4) is 5.75 Å². The van der Waals surface area contributed by atoms with Crippen LogP contribution in [-0.2, 0) is 4.74 Å². The number of nitrogens with zero attached hydrogens (tertiary/aromatic N) is 3. The molecule has 9 heteroatoms. The van der Waals surface area contributed by atoms with Gasteiger partial charge >= 0.3 is 11.7 Å². The normalized spacial score (nSPS) is 15.4. The molecular formula is C25H26N4O5. The van der Waals surface area contributed by atoms with Crippen LogP contribution in [-0.4, -0.2) is 51.3 Å². The Balaban J connectivity index is 2.03. The highest BCUT2D eigenvalue weighted by Gasteiger charge is 2.41. The zero-order valence-electron chi connectivity index (χ0n) is 19.1. The van der Waals surface area contributed by atoms with Gasteiger partial charge in [0.05, 0.1) is 13.2 Å². The molecule has 9 nitrogen and oxygen atoms in total. The fraction of sp³-hybridized carbons (Fsp3) is 0.280. The van der Waals surface area contributed by atoms with Gasteiger partial charge in [-0.2, -0.15) is 4.98 Å². The van der Waals surface area contributed by atoms with Gasteiger partial charge in [-0.1, -0.05) is 60.7 Å². The molecule has 0 fully saturated rings. The van der Waals surface area contributed by atoms with Crippen LogP contribution in [0, 0.1) is 0 Å². The summed E-state index contributed by atoms with van der Waals surface area (Å²) >= 11 is 0. The number of amides is 2. The number of hydrogen-bond donors (Lipinski definition) is 2. The van der Waals surface area contributed by atoms with Crippen molar-refractivity contribution in [1.82, 2.24) is 14.5 Å². The molecule has 0 aliphatic carbocycles. The fourth-order valence-electron chi connectivity index (χ4n) is 4.44. The number of fused-ring (bicyclic) bond motifs is 1. The van der Waals surface area contributed by atoms with Crippen molar-refractivity contribution in [2.75, 3.05) is 19.0 Å². The second kappa shape index (κ2) is 9.38. The number of rotatable bonds is 5. The van der Waals surface area contributed by atoms with Crippen LogP contribution in [0.25, 0.3) is 0 Å². The molecular weight excluding hydrogens is 436 g/mol. The van der Waals surface area contributed by atoms with Crippen LogP contribution in [0.15, 0.2) is 65.5 Å². The molecule has 2 amide bonds. The zero-order valence-corrected chi connectivity index (χ0v) is 19.1. The van der Waals surface area contributed by atoms with Crippen molar-refractivity contribution < 1.29 is 19.4 Å². The highest BCUT2D eigenvalue weighted by molar-refractivity contribution is 5.97. The summed E-state index contributed by atoms with van der Waals surface area (Å²) in [6.07, 6.45) is -0.847. The van der Waals surface area contributed by atoms with Crippen molar-refractivity contribution in [2.45, 2.75) is 31.8 Å². The molecule has 0 unspecified atom stereocenters. The smallest absolute Gasteiger partial charge is 0.413 e. The van der Waals surface area contributed by atoms with E-state index in [2.05, 4.69) is 10.3 Å². The molecule has 0 saturated heterocycles. The van der Waals surface area contributed by atoms with Crippen molar-refractivity contribution in [3.05, 3.63) is 87.8 Å². The average molecular weight is 463 g/mol. The lowest BCUT2D eigenvalue weighted by Gasteiger charge is -2.42. The van der Waals surface area contributed by atoms with Gasteiger partial charge < -0.3 is 14.7 Å². The Bertz CT molecular complexity index is 1220. The minimum Gasteiger partial charge on any atom is -0.501 e. The van der Waals surface area contributed by atoms with E-state index in [0.29, 0.717) is 0 Å². The summed E-state index contributed by atoms with van der Waals surface area (Å²) in [6, 6.07) is 18.8. The minimum atomic E-state index is -1.01. The van der Waals surface area contributed by atoms with Gasteiger partial charge in [-0.25, -0.2) is 4.79 Å². The Morgan fingerprint density at radius 1 is 1.06 bits per heavy atom. The predicted molar refractivity (Wildman–Crippen MR) is 126 cm³/mol. The first-order chi connectivity index (χ1) is 16.3. The largest absolute Gasteiger partial charge is 0.501 e. The molecule has 176 valence electrons. The topological polar surface area (TPSA) is 114 Å². The second-order valence-corrected chi connectivity index (χ2v) is 8.34. The monoisotopic (exact) mass is 462 g/mol. The van der Waals surface area contributed by atoms with Crippen LogP contribution in [0.3, 0.4) is 0 Å². The van der Waals surface area contributed by atoms with Gasteiger partial charge in [0.25, 0.3) is 5.91 Å². The first-order valence-corrected chi connectivity index (χ1v) is 10.9. The number of ether oxygens (including phenoxy) is 1. The molecule has 1 atom stereocenters. The molecule has 34 heavy (non-hydrogen) atoms. The lowest BCUT2D eigenvalue weighted by atomic mass is 9.83. The maximum Gasteiger partial charge on any atom is 0.413 e. The summed E-state index contributed by atoms with van der Waals surface area (Å²) in [6.45, 7) is 4.00. The van der Waals surface area contributed by atoms with Crippen LogP contribution in [0.2, 0.25) is 0 Å². The minimum absolute atomic E-state index is 0.164. The van der Waals surface area contributed by atoms with Gasteiger partial charge in [0.2, 0.25) is 11.7 Å². The molecule has 2 aromatic carbocycles. The molecule has 3 aromatic rings. The highest BCUT2D eigenvalue weighted by Crippen LogP contribution is 2.41. The SMILES string of the molecule is COC(=O)Nc1nc(=O)c(O)c2n1[C@@H](C(c1ccccc1)c1ccccc1)CN(C(C)C)C2=O. The lowest BCUT2D eigenvalue weighted by Crippen LogP contribution is -2.50. The Morgan fingerprint density at radius 2 is 1.62 bits per heavy atom. The van der Waals surface area contributed by atoms with E-state index >= 15 is 0 Å². The van der Waals surface area contributed by atoms with Crippen molar-refractivity contribution in [1.29, 1.82) is 0 Å². The molecule has 0 spiro atoms. The Hall–Kier alpha value is -4.14. The van der Waals surface area contributed by atoms with Gasteiger partial charge in [0.15, 0.2) is 5.69 Å². The quantitative estimate of drug-likeness (QED) is 0.601. The van der Waals surface area contributed by atoms with Crippen molar-refractivity contribution >= 4 is 17.9 Å². The molecule has 2 N–H and O–H groups in total. The number of aromatic nitrogens is 2. The highest BCUT2D eigenvalue weighted by atomic mass is 16.5. The van der Waals surface area contributed by atoms with Gasteiger partial charge in [-0.15, -0.1) is 0 Å². The second-order valence-electron chi connectivity index (χ2n) is 8.34. The number of aromatic hydroxyl groups is 1. The maximum atomic E-state index is 13.4. The summed E-state index contributed by atoms with van der Waals surface area (Å²) in [5.74, 6) is -1.73. The van der Waals surface area contributed by atoms with Crippen LogP contribution in [0.5, 0.6) is 5.75 Å². The van der Waals surface area contributed by atoms with Crippen molar-refractivity contribution in [3.63, 3.8) is 0 Å². The average Bonchev–Trinajstić information content (AvgIpc) is 2.84. The molecule has 2 heterocycles. The number of nitrogens with one attached hydrogen (secondary N) is 1. The Labute approximate surface area is 196 Å². The van der Waals surface area contributed by atoms with E-state index in [1.807, 2.05) is 74.5 Å². The summed E-state index contributed by atoms with van der Waals surface area (Å²) in [5, 5.41) is 13.1. The molecule has 0 saturated carbocycles. The lowest BCUT2D eigenvalue weighted by molar-refractivity contribution is 0.0588. The Kier molecular flexibility index (Phi) is 6.36. The first-order valence-electron chi connectivity index (χ1n) is 10.9. The Morgan fingerprint density at radius 3 is 2.12 bits per heavy atom. The third-order valence-electron chi connectivity index (χ3n) is 6.01. The summed E-state index contributed by atoms with van der Waals surface area (Å²) < 4.78 is 6.16. The zero-order chi connectivity index (χ0) is 24.4. The van der Waals surface area contributed by atoms with E-state index in [-0.39, 0.29) is 30.1 Å². The third-order valence-corrected chi connectivity index (χ3v) is 6.01. The number of carbonyl (C=O) groups is 2. The van der Waals surface area contributed by atoms with Gasteiger partial charge in [-0.05, 0) is 25.0 Å². The molecule has 1 aromatic heterocycles. The van der Waals surface area contributed by atoms with Crippen LogP contribution >= 0.6 is 0 Å². The first kappa shape index (κ1) is 23.0. The fourth-order valence-corrected chi connectivity index (χ4v) is 4.44. The number of benzene rings is 2. The van der Waals surface area contributed by atoms with Gasteiger partial charge in [0.1, 0.15) is 0 Å². The third kappa shape index (κ3) is 4.12. The molecule has 1 aliphatic heterocycles. The van der Waals surface area contributed by atoms with E-state index in [1.165, 1.54) is 11.7 Å². The maximum absolute atomic E-state index is 13.4. The van der Waals surface area contributed by atoms with Crippen LogP contribution in [0.1, 0.15) is 47.4 Å². The number of carbonyl (C=O) groups excluding carboxylic acids is 2. The molecule has 0 radical (unpaired) electrons. The predicted octanol–water partition coefficient (Wildman–Crippen LogP) is 3.36. The number of hydrogen-bond acceptors (Lipinski definition) is 6. The summed E-state index contributed by atoms with van der Waals surface area (Å²) in [7, 11) is 1.19. The molecule has 0 bridgehead atoms. The van der Waals surface area contributed by atoms with Gasteiger partial charge in [0, 0.05) is 18.5 Å². The van der Waals surface area contributed by atoms with Crippen molar-refractivity contribution in [2.24, 2.45) is 0 Å². The number of methoxy groups -OCH3 is 1. The van der Waals surface area contributed by atoms with E-state index in [4.69, 9.17) is 4.74 Å². The van der Waals surface area contributed by atoms with E-state index in [0.717, 1.165) is 11.1 Å². The van der Waals surface area contributed by atoms with E-state index in [1.54, 1.807) is 4.90 Å². The van der Waals surface area contributed by atoms with Crippen LogP contribution in [0.4, 0.5) is 10.7 Å². The van der Waals surface area contributed by atoms with Gasteiger partial charge in [-0.3, -0.25) is 19.5 Å². The summed E-state index contributed by atoms with van der Waals surface area (Å²) in [4.78, 5) is 43.5. The van der Waals surface area contributed by atoms with E-state index in [9.17, 15) is 19.5 Å². The standard InChI is InChI=1S/C25H26N4O5/c1-15(2)28-14-18(19(16-10-6-4-7-11-16)17-12-8-5-9-13-17)29-20(23(28)32)21(30)22(31)26-24(29)27-25(33)34-3/h4-13,15,18-19,30H,14H2,1-3H3,(H,26,27,31,33)/t18-/m1/s1.